The van der Waals surface area contributed by atoms with E-state index in [1.807, 2.05) is 30.3 Å². The zero-order chi connectivity index (χ0) is 24.9. The maximum atomic E-state index is 13.0. The highest BCUT2D eigenvalue weighted by atomic mass is 35.5. The van der Waals surface area contributed by atoms with Crippen LogP contribution >= 0.6 is 47.2 Å². The summed E-state index contributed by atoms with van der Waals surface area (Å²) in [6, 6.07) is 19.7. The maximum Gasteiger partial charge on any atom is 0.270 e. The maximum absolute atomic E-state index is 13.0. The van der Waals surface area contributed by atoms with Crippen molar-refractivity contribution >= 4 is 80.8 Å². The van der Waals surface area contributed by atoms with Crippen LogP contribution in [-0.4, -0.2) is 22.7 Å². The number of nitrogens with zero attached hydrogens (tertiary/aromatic N) is 1. The number of ether oxygens (including phenoxy) is 1. The molecule has 3 aromatic carbocycles. The van der Waals surface area contributed by atoms with Gasteiger partial charge in [-0.2, -0.15) is 0 Å². The molecule has 9 heteroatoms. The highest BCUT2D eigenvalue weighted by molar-refractivity contribution is 8.27. The summed E-state index contributed by atoms with van der Waals surface area (Å²) in [6.45, 7) is 1.88. The molecule has 1 aliphatic rings. The van der Waals surface area contributed by atoms with Crippen LogP contribution in [0.3, 0.4) is 0 Å². The first-order valence-electron chi connectivity index (χ1n) is 10.7. The number of hydrogen-bond donors (Lipinski definition) is 1. The van der Waals surface area contributed by atoms with E-state index in [9.17, 15) is 9.59 Å². The van der Waals surface area contributed by atoms with Gasteiger partial charge in [-0.1, -0.05) is 78.4 Å². The van der Waals surface area contributed by atoms with Crippen molar-refractivity contribution in [2.75, 3.05) is 16.8 Å². The molecule has 3 aromatic rings. The number of benzene rings is 3. The molecule has 35 heavy (non-hydrogen) atoms. The van der Waals surface area contributed by atoms with Crippen molar-refractivity contribution in [1.29, 1.82) is 0 Å². The topological polar surface area (TPSA) is 58.6 Å². The summed E-state index contributed by atoms with van der Waals surface area (Å²) in [6.07, 6.45) is 2.69. The third-order valence-corrected chi connectivity index (χ3v) is 6.81. The van der Waals surface area contributed by atoms with Crippen LogP contribution in [0.15, 0.2) is 71.6 Å². The molecule has 1 saturated heterocycles. The van der Waals surface area contributed by atoms with Crippen molar-refractivity contribution in [3.63, 3.8) is 0 Å². The van der Waals surface area contributed by atoms with Gasteiger partial charge in [0.1, 0.15) is 5.75 Å². The molecule has 0 bridgehead atoms. The molecule has 178 valence electrons. The molecule has 1 heterocycles. The fraction of sp³-hybridized carbons (Fsp3) is 0.115. The normalized spacial score (nSPS) is 14.5. The Bertz CT molecular complexity index is 1310. The van der Waals surface area contributed by atoms with Gasteiger partial charge in [0.05, 0.1) is 10.6 Å². The molecular formula is C26H20Cl2N2O3S2. The highest BCUT2D eigenvalue weighted by Crippen LogP contribution is 2.36. The first kappa shape index (κ1) is 25.3. The van der Waals surface area contributed by atoms with Gasteiger partial charge in [-0.25, -0.2) is 0 Å². The van der Waals surface area contributed by atoms with E-state index in [1.165, 1.54) is 22.2 Å². The monoisotopic (exact) mass is 542 g/mol. The van der Waals surface area contributed by atoms with Gasteiger partial charge in [0.15, 0.2) is 10.9 Å². The summed E-state index contributed by atoms with van der Waals surface area (Å²) >= 11 is 18.6. The van der Waals surface area contributed by atoms with E-state index in [2.05, 4.69) is 12.2 Å². The lowest BCUT2D eigenvalue weighted by Crippen LogP contribution is -2.27. The van der Waals surface area contributed by atoms with E-state index in [0.717, 1.165) is 17.7 Å². The molecule has 4 rings (SSSR count). The van der Waals surface area contributed by atoms with Gasteiger partial charge in [-0.15, -0.1) is 0 Å². The molecule has 2 amide bonds. The van der Waals surface area contributed by atoms with Crippen molar-refractivity contribution in [2.45, 2.75) is 13.3 Å². The Kier molecular flexibility index (Phi) is 8.13. The number of amides is 2. The number of halogens is 2. The quantitative estimate of drug-likeness (QED) is 0.257. The number of thioether (sulfide) groups is 1. The summed E-state index contributed by atoms with van der Waals surface area (Å²) in [5.74, 6) is -0.0394. The predicted octanol–water partition coefficient (Wildman–Crippen LogP) is 6.98. The van der Waals surface area contributed by atoms with Crippen LogP contribution in [-0.2, 0) is 16.0 Å². The molecule has 0 aliphatic carbocycles. The Morgan fingerprint density at radius 3 is 2.49 bits per heavy atom. The van der Waals surface area contributed by atoms with Crippen molar-refractivity contribution in [2.24, 2.45) is 0 Å². The molecule has 5 nitrogen and oxygen atoms in total. The summed E-state index contributed by atoms with van der Waals surface area (Å²) in [5, 5.41) is 3.54. The van der Waals surface area contributed by atoms with E-state index in [-0.39, 0.29) is 18.4 Å². The van der Waals surface area contributed by atoms with Gasteiger partial charge in [0.2, 0.25) is 0 Å². The Labute approximate surface area is 223 Å². The molecule has 0 radical (unpaired) electrons. The standard InChI is InChI=1S/C26H20Cl2N2O3S2/c1-2-16-6-8-21(9-7-16)30-25(32)23(35-26(30)34)11-17-4-3-5-22(10-17)33-15-24(31)29-20-13-18(27)12-19(28)14-20/h3-14H,2,15H2,1H3,(H,29,31)/b23-11-. The van der Waals surface area contributed by atoms with Crippen LogP contribution < -0.4 is 15.0 Å². The average molecular weight is 543 g/mol. The summed E-state index contributed by atoms with van der Waals surface area (Å²) in [5.41, 5.74) is 3.18. The molecule has 0 saturated carbocycles. The lowest BCUT2D eigenvalue weighted by Gasteiger charge is -2.14. The minimum absolute atomic E-state index is 0.171. The van der Waals surface area contributed by atoms with Gasteiger partial charge in [-0.3, -0.25) is 14.5 Å². The second-order valence-corrected chi connectivity index (χ2v) is 10.2. The Morgan fingerprint density at radius 2 is 1.80 bits per heavy atom. The van der Waals surface area contributed by atoms with Gasteiger partial charge in [0.25, 0.3) is 11.8 Å². The number of anilines is 2. The zero-order valence-corrected chi connectivity index (χ0v) is 21.7. The van der Waals surface area contributed by atoms with Crippen LogP contribution in [0.2, 0.25) is 10.0 Å². The largest absolute Gasteiger partial charge is 0.484 e. The fourth-order valence-corrected chi connectivity index (χ4v) is 5.21. The van der Waals surface area contributed by atoms with Gasteiger partial charge < -0.3 is 10.1 Å². The zero-order valence-electron chi connectivity index (χ0n) is 18.6. The van der Waals surface area contributed by atoms with Crippen molar-refractivity contribution in [1.82, 2.24) is 0 Å². The molecule has 1 fully saturated rings. The van der Waals surface area contributed by atoms with Gasteiger partial charge in [0, 0.05) is 15.7 Å². The first-order valence-corrected chi connectivity index (χ1v) is 12.7. The molecule has 0 atom stereocenters. The Balaban J connectivity index is 1.42. The number of carbonyl (C=O) groups is 2. The fourth-order valence-electron chi connectivity index (χ4n) is 3.39. The minimum atomic E-state index is -0.358. The Morgan fingerprint density at radius 1 is 1.09 bits per heavy atom. The Hall–Kier alpha value is -2.84. The van der Waals surface area contributed by atoms with E-state index < -0.39 is 0 Å². The number of hydrogen-bond acceptors (Lipinski definition) is 5. The second-order valence-electron chi connectivity index (χ2n) is 7.60. The van der Waals surface area contributed by atoms with Crippen LogP contribution in [0, 0.1) is 0 Å². The summed E-state index contributed by atoms with van der Waals surface area (Å²) < 4.78 is 6.11. The molecule has 1 aliphatic heterocycles. The van der Waals surface area contributed by atoms with E-state index in [1.54, 1.807) is 42.5 Å². The summed E-state index contributed by atoms with van der Waals surface area (Å²) in [4.78, 5) is 27.4. The molecular weight excluding hydrogens is 523 g/mol. The molecule has 0 aromatic heterocycles. The second kappa shape index (κ2) is 11.3. The minimum Gasteiger partial charge on any atom is -0.484 e. The van der Waals surface area contributed by atoms with Gasteiger partial charge >= 0.3 is 0 Å². The predicted molar refractivity (Wildman–Crippen MR) is 149 cm³/mol. The van der Waals surface area contributed by atoms with Crippen LogP contribution in [0.25, 0.3) is 6.08 Å². The van der Waals surface area contributed by atoms with E-state index in [0.29, 0.717) is 30.7 Å². The third-order valence-electron chi connectivity index (χ3n) is 5.07. The van der Waals surface area contributed by atoms with Crippen LogP contribution in [0.4, 0.5) is 11.4 Å². The van der Waals surface area contributed by atoms with E-state index >= 15 is 0 Å². The number of carbonyl (C=O) groups excluding carboxylic acids is 2. The molecule has 0 unspecified atom stereocenters. The molecule has 0 spiro atoms. The number of rotatable bonds is 7. The highest BCUT2D eigenvalue weighted by Gasteiger charge is 2.33. The van der Waals surface area contributed by atoms with Crippen LogP contribution in [0.1, 0.15) is 18.1 Å². The van der Waals surface area contributed by atoms with Crippen LogP contribution in [0.5, 0.6) is 5.75 Å². The molecule has 1 N–H and O–H groups in total. The lowest BCUT2D eigenvalue weighted by atomic mass is 10.1. The SMILES string of the molecule is CCc1ccc(N2C(=O)/C(=C/c3cccc(OCC(=O)Nc4cc(Cl)cc(Cl)c4)c3)SC2=S)cc1. The average Bonchev–Trinajstić information content (AvgIpc) is 3.10. The number of aryl methyl sites for hydroxylation is 1. The van der Waals surface area contributed by atoms with Gasteiger partial charge in [-0.05, 0) is 66.1 Å². The smallest absolute Gasteiger partial charge is 0.270 e. The number of nitrogens with one attached hydrogen (secondary N) is 1. The van der Waals surface area contributed by atoms with Crippen molar-refractivity contribution < 1.29 is 14.3 Å². The third kappa shape index (κ3) is 6.44. The van der Waals surface area contributed by atoms with Crippen molar-refractivity contribution in [3.05, 3.63) is 92.8 Å². The number of thiocarbonyl (C=S) groups is 1. The van der Waals surface area contributed by atoms with E-state index in [4.69, 9.17) is 40.2 Å². The summed E-state index contributed by atoms with van der Waals surface area (Å²) in [7, 11) is 0. The lowest BCUT2D eigenvalue weighted by molar-refractivity contribution is -0.118. The first-order chi connectivity index (χ1) is 16.8. The van der Waals surface area contributed by atoms with Crippen molar-refractivity contribution in [3.8, 4) is 5.75 Å².